The third-order valence-corrected chi connectivity index (χ3v) is 4.05. The van der Waals surface area contributed by atoms with Crippen molar-refractivity contribution in [1.82, 2.24) is 4.98 Å². The lowest BCUT2D eigenvalue weighted by Crippen LogP contribution is -2.04. The number of aromatic nitrogens is 1. The number of aliphatic carboxylic acids is 1. The molecular formula is C21H21NO4. The van der Waals surface area contributed by atoms with Gasteiger partial charge in [-0.05, 0) is 43.7 Å². The van der Waals surface area contributed by atoms with Crippen LogP contribution in [0.5, 0.6) is 5.75 Å². The van der Waals surface area contributed by atoms with Gasteiger partial charge in [0, 0.05) is 12.0 Å². The summed E-state index contributed by atoms with van der Waals surface area (Å²) in [5, 5.41) is 8.87. The lowest BCUT2D eigenvalue weighted by atomic mass is 10.1. The first-order valence-electron chi connectivity index (χ1n) is 8.48. The zero-order chi connectivity index (χ0) is 18.5. The molecule has 26 heavy (non-hydrogen) atoms. The molecule has 0 saturated carbocycles. The molecule has 0 amide bonds. The SMILES string of the molecule is Cc1ccc(-c2nc(CCOc3cccc(CC(=O)O)c3)c(C)o2)cc1. The van der Waals surface area contributed by atoms with Crippen LogP contribution in [0.2, 0.25) is 0 Å². The molecule has 0 atom stereocenters. The number of carboxylic acid groups (broad SMARTS) is 1. The fraction of sp³-hybridized carbons (Fsp3) is 0.238. The first-order valence-corrected chi connectivity index (χ1v) is 8.48. The Bertz CT molecular complexity index is 897. The Morgan fingerprint density at radius 2 is 1.92 bits per heavy atom. The van der Waals surface area contributed by atoms with Crippen LogP contribution < -0.4 is 4.74 Å². The van der Waals surface area contributed by atoms with Gasteiger partial charge in [-0.3, -0.25) is 4.79 Å². The van der Waals surface area contributed by atoms with E-state index in [1.54, 1.807) is 18.2 Å². The standard InChI is InChI=1S/C21H21NO4/c1-14-6-8-17(9-7-14)21-22-19(15(2)26-21)10-11-25-18-5-3-4-16(12-18)13-20(23)24/h3-9,12H,10-11,13H2,1-2H3,(H,23,24). The van der Waals surface area contributed by atoms with E-state index < -0.39 is 5.97 Å². The van der Waals surface area contributed by atoms with Crippen molar-refractivity contribution in [3.63, 3.8) is 0 Å². The summed E-state index contributed by atoms with van der Waals surface area (Å²) in [5.74, 6) is 1.19. The van der Waals surface area contributed by atoms with E-state index in [2.05, 4.69) is 4.98 Å². The van der Waals surface area contributed by atoms with E-state index in [0.717, 1.165) is 17.0 Å². The van der Waals surface area contributed by atoms with Crippen LogP contribution in [0, 0.1) is 13.8 Å². The summed E-state index contributed by atoms with van der Waals surface area (Å²) >= 11 is 0. The third-order valence-electron chi connectivity index (χ3n) is 4.05. The third kappa shape index (κ3) is 4.51. The molecule has 1 heterocycles. The second-order valence-electron chi connectivity index (χ2n) is 6.20. The van der Waals surface area contributed by atoms with Crippen molar-refractivity contribution in [3.8, 4) is 17.2 Å². The van der Waals surface area contributed by atoms with Crippen molar-refractivity contribution in [1.29, 1.82) is 0 Å². The number of carbonyl (C=O) groups is 1. The minimum Gasteiger partial charge on any atom is -0.493 e. The average Bonchev–Trinajstić information content (AvgIpc) is 2.96. The van der Waals surface area contributed by atoms with Crippen molar-refractivity contribution >= 4 is 5.97 Å². The molecule has 2 aromatic carbocycles. The van der Waals surface area contributed by atoms with Gasteiger partial charge in [-0.1, -0.05) is 29.8 Å². The Morgan fingerprint density at radius 1 is 1.15 bits per heavy atom. The summed E-state index contributed by atoms with van der Waals surface area (Å²) in [6.07, 6.45) is 0.601. The summed E-state index contributed by atoms with van der Waals surface area (Å²) in [6, 6.07) is 15.2. The molecule has 1 aromatic heterocycles. The van der Waals surface area contributed by atoms with Crippen LogP contribution in [0.15, 0.2) is 52.9 Å². The van der Waals surface area contributed by atoms with Gasteiger partial charge in [-0.2, -0.15) is 0 Å². The number of oxazole rings is 1. The van der Waals surface area contributed by atoms with Gasteiger partial charge in [0.1, 0.15) is 11.5 Å². The smallest absolute Gasteiger partial charge is 0.307 e. The van der Waals surface area contributed by atoms with Crippen LogP contribution in [0.3, 0.4) is 0 Å². The van der Waals surface area contributed by atoms with E-state index in [4.69, 9.17) is 14.3 Å². The quantitative estimate of drug-likeness (QED) is 0.690. The Labute approximate surface area is 152 Å². The van der Waals surface area contributed by atoms with Gasteiger partial charge in [-0.15, -0.1) is 0 Å². The van der Waals surface area contributed by atoms with Crippen LogP contribution in [0.1, 0.15) is 22.6 Å². The number of carboxylic acids is 1. The predicted octanol–water partition coefficient (Wildman–Crippen LogP) is 4.21. The Balaban J connectivity index is 1.62. The zero-order valence-electron chi connectivity index (χ0n) is 14.9. The summed E-state index contributed by atoms with van der Waals surface area (Å²) in [7, 11) is 0. The normalized spacial score (nSPS) is 10.7. The van der Waals surface area contributed by atoms with Crippen LogP contribution in [0.4, 0.5) is 0 Å². The highest BCUT2D eigenvalue weighted by atomic mass is 16.5. The first kappa shape index (κ1) is 17.7. The number of aryl methyl sites for hydroxylation is 2. The van der Waals surface area contributed by atoms with Crippen molar-refractivity contribution < 1.29 is 19.1 Å². The minimum atomic E-state index is -0.857. The molecule has 5 heteroatoms. The number of rotatable bonds is 7. The summed E-state index contributed by atoms with van der Waals surface area (Å²) in [5.41, 5.74) is 3.72. The van der Waals surface area contributed by atoms with Gasteiger partial charge in [0.05, 0.1) is 18.7 Å². The number of hydrogen-bond acceptors (Lipinski definition) is 4. The predicted molar refractivity (Wildman–Crippen MR) is 98.4 cm³/mol. The number of benzene rings is 2. The lowest BCUT2D eigenvalue weighted by Gasteiger charge is -2.06. The van der Waals surface area contributed by atoms with Gasteiger partial charge in [0.25, 0.3) is 0 Å². The summed E-state index contributed by atoms with van der Waals surface area (Å²) < 4.78 is 11.5. The minimum absolute atomic E-state index is 0.0144. The summed E-state index contributed by atoms with van der Waals surface area (Å²) in [4.78, 5) is 15.4. The van der Waals surface area contributed by atoms with Gasteiger partial charge in [0.15, 0.2) is 0 Å². The zero-order valence-corrected chi connectivity index (χ0v) is 14.9. The first-order chi connectivity index (χ1) is 12.5. The number of nitrogens with zero attached hydrogens (tertiary/aromatic N) is 1. The molecule has 0 aliphatic rings. The molecule has 0 aliphatic heterocycles. The molecule has 0 saturated heterocycles. The maximum absolute atomic E-state index is 10.8. The van der Waals surface area contributed by atoms with Gasteiger partial charge >= 0.3 is 5.97 Å². The Morgan fingerprint density at radius 3 is 2.65 bits per heavy atom. The van der Waals surface area contributed by atoms with Crippen molar-refractivity contribution in [2.75, 3.05) is 6.61 Å². The van der Waals surface area contributed by atoms with Crippen LogP contribution in [-0.4, -0.2) is 22.7 Å². The van der Waals surface area contributed by atoms with Gasteiger partial charge < -0.3 is 14.3 Å². The summed E-state index contributed by atoms with van der Waals surface area (Å²) in [6.45, 7) is 4.38. The van der Waals surface area contributed by atoms with E-state index in [1.165, 1.54) is 5.56 Å². The molecule has 0 fully saturated rings. The monoisotopic (exact) mass is 351 g/mol. The Kier molecular flexibility index (Phi) is 5.37. The van der Waals surface area contributed by atoms with E-state index in [-0.39, 0.29) is 6.42 Å². The fourth-order valence-corrected chi connectivity index (χ4v) is 2.66. The average molecular weight is 351 g/mol. The van der Waals surface area contributed by atoms with E-state index in [9.17, 15) is 4.79 Å². The van der Waals surface area contributed by atoms with Crippen molar-refractivity contribution in [3.05, 3.63) is 71.1 Å². The van der Waals surface area contributed by atoms with Crippen molar-refractivity contribution in [2.24, 2.45) is 0 Å². The van der Waals surface area contributed by atoms with E-state index in [1.807, 2.05) is 44.2 Å². The molecule has 0 aliphatic carbocycles. The van der Waals surface area contributed by atoms with E-state index >= 15 is 0 Å². The highest BCUT2D eigenvalue weighted by Crippen LogP contribution is 2.22. The van der Waals surface area contributed by atoms with Gasteiger partial charge in [0.2, 0.25) is 5.89 Å². The van der Waals surface area contributed by atoms with Gasteiger partial charge in [-0.25, -0.2) is 4.98 Å². The maximum atomic E-state index is 10.8. The molecule has 134 valence electrons. The highest BCUT2D eigenvalue weighted by Gasteiger charge is 2.11. The largest absolute Gasteiger partial charge is 0.493 e. The number of ether oxygens (including phenoxy) is 1. The van der Waals surface area contributed by atoms with Crippen LogP contribution in [0.25, 0.3) is 11.5 Å². The fourth-order valence-electron chi connectivity index (χ4n) is 2.66. The molecule has 0 radical (unpaired) electrons. The lowest BCUT2D eigenvalue weighted by molar-refractivity contribution is -0.136. The molecule has 0 unspecified atom stereocenters. The molecule has 3 rings (SSSR count). The molecule has 3 aromatic rings. The number of hydrogen-bond donors (Lipinski definition) is 1. The molecule has 1 N–H and O–H groups in total. The van der Waals surface area contributed by atoms with E-state index in [0.29, 0.717) is 30.2 Å². The molecular weight excluding hydrogens is 330 g/mol. The molecule has 0 spiro atoms. The Hall–Kier alpha value is -3.08. The van der Waals surface area contributed by atoms with Crippen LogP contribution in [-0.2, 0) is 17.6 Å². The maximum Gasteiger partial charge on any atom is 0.307 e. The second-order valence-corrected chi connectivity index (χ2v) is 6.20. The molecule has 0 bridgehead atoms. The van der Waals surface area contributed by atoms with Crippen LogP contribution >= 0.6 is 0 Å². The molecule has 5 nitrogen and oxygen atoms in total. The highest BCUT2D eigenvalue weighted by molar-refractivity contribution is 5.70. The topological polar surface area (TPSA) is 72.6 Å². The van der Waals surface area contributed by atoms with Crippen molar-refractivity contribution in [2.45, 2.75) is 26.7 Å². The second kappa shape index (κ2) is 7.87.